The Balaban J connectivity index is 3.62. The molecule has 0 aromatic carbocycles. The van der Waals surface area contributed by atoms with Gasteiger partial charge in [0.05, 0.1) is 10.6 Å². The second-order valence-corrected chi connectivity index (χ2v) is 6.04. The standard InChI is InChI=1S/C6H2BrCl2F2NO2S/c7-5-4(8)3(6(10)11)2(1-12-5)15(9,13)14/h1,6H. The van der Waals surface area contributed by atoms with Crippen LogP contribution in [0.1, 0.15) is 12.0 Å². The van der Waals surface area contributed by atoms with Crippen LogP contribution in [-0.4, -0.2) is 13.4 Å². The van der Waals surface area contributed by atoms with Crippen LogP contribution < -0.4 is 0 Å². The largest absolute Gasteiger partial charge is 0.266 e. The lowest BCUT2D eigenvalue weighted by molar-refractivity contribution is 0.148. The summed E-state index contributed by atoms with van der Waals surface area (Å²) in [5.74, 6) is 0. The number of pyridine rings is 1. The van der Waals surface area contributed by atoms with Gasteiger partial charge in [-0.15, -0.1) is 0 Å². The highest BCUT2D eigenvalue weighted by Gasteiger charge is 2.26. The zero-order chi connectivity index (χ0) is 11.8. The van der Waals surface area contributed by atoms with E-state index < -0.39 is 31.0 Å². The normalized spacial score (nSPS) is 12.1. The Hall–Kier alpha value is 0.0200. The van der Waals surface area contributed by atoms with E-state index >= 15 is 0 Å². The Morgan fingerprint density at radius 1 is 1.47 bits per heavy atom. The number of aromatic nitrogens is 1. The van der Waals surface area contributed by atoms with Crippen molar-refractivity contribution in [2.45, 2.75) is 11.3 Å². The van der Waals surface area contributed by atoms with Crippen molar-refractivity contribution < 1.29 is 17.2 Å². The molecule has 1 aromatic heterocycles. The number of rotatable bonds is 2. The first kappa shape index (κ1) is 13.1. The highest BCUT2D eigenvalue weighted by molar-refractivity contribution is 9.10. The van der Waals surface area contributed by atoms with Gasteiger partial charge in [-0.1, -0.05) is 11.6 Å². The second kappa shape index (κ2) is 4.48. The third-order valence-electron chi connectivity index (χ3n) is 1.46. The van der Waals surface area contributed by atoms with E-state index in [4.69, 9.17) is 22.3 Å². The maximum absolute atomic E-state index is 12.5. The van der Waals surface area contributed by atoms with Gasteiger partial charge in [-0.2, -0.15) is 0 Å². The summed E-state index contributed by atoms with van der Waals surface area (Å²) in [4.78, 5) is 2.69. The van der Waals surface area contributed by atoms with E-state index in [0.717, 1.165) is 6.20 Å². The van der Waals surface area contributed by atoms with Gasteiger partial charge in [0, 0.05) is 16.9 Å². The van der Waals surface area contributed by atoms with Crippen molar-refractivity contribution in [2.75, 3.05) is 0 Å². The van der Waals surface area contributed by atoms with E-state index in [1.165, 1.54) is 0 Å². The Labute approximate surface area is 102 Å². The van der Waals surface area contributed by atoms with Crippen molar-refractivity contribution in [3.05, 3.63) is 21.4 Å². The molecule has 0 atom stereocenters. The summed E-state index contributed by atoms with van der Waals surface area (Å²) in [5.41, 5.74) is -0.853. The first-order valence-corrected chi connectivity index (χ1v) is 6.80. The molecule has 0 aliphatic carbocycles. The lowest BCUT2D eigenvalue weighted by atomic mass is 10.3. The molecule has 0 aliphatic rings. The van der Waals surface area contributed by atoms with Crippen LogP contribution in [0.15, 0.2) is 15.7 Å². The molecule has 0 radical (unpaired) electrons. The molecule has 1 aromatic rings. The van der Waals surface area contributed by atoms with Crippen LogP contribution in [0.25, 0.3) is 0 Å². The summed E-state index contributed by atoms with van der Waals surface area (Å²) < 4.78 is 46.9. The Morgan fingerprint density at radius 2 is 2.00 bits per heavy atom. The van der Waals surface area contributed by atoms with Crippen LogP contribution >= 0.6 is 38.2 Å². The van der Waals surface area contributed by atoms with Gasteiger partial charge in [0.1, 0.15) is 9.50 Å². The minimum atomic E-state index is -4.29. The van der Waals surface area contributed by atoms with Gasteiger partial charge in [0.15, 0.2) is 0 Å². The molecule has 1 heterocycles. The van der Waals surface area contributed by atoms with Crippen LogP contribution in [0.5, 0.6) is 0 Å². The molecule has 9 heteroatoms. The summed E-state index contributed by atoms with van der Waals surface area (Å²) in [5, 5.41) is -0.466. The Morgan fingerprint density at radius 3 is 2.40 bits per heavy atom. The van der Waals surface area contributed by atoms with Gasteiger partial charge in [0.2, 0.25) is 0 Å². The van der Waals surface area contributed by atoms with Gasteiger partial charge in [-0.05, 0) is 15.9 Å². The third-order valence-corrected chi connectivity index (χ3v) is 4.02. The molecule has 1 rings (SSSR count). The molecule has 0 saturated carbocycles. The Bertz CT molecular complexity index is 494. The van der Waals surface area contributed by atoms with E-state index in [9.17, 15) is 17.2 Å². The van der Waals surface area contributed by atoms with Gasteiger partial charge < -0.3 is 0 Å². The van der Waals surface area contributed by atoms with Crippen molar-refractivity contribution in [3.63, 3.8) is 0 Å². The van der Waals surface area contributed by atoms with E-state index in [1.807, 2.05) is 0 Å². The monoisotopic (exact) mass is 339 g/mol. The molecule has 0 fully saturated rings. The van der Waals surface area contributed by atoms with Gasteiger partial charge in [-0.25, -0.2) is 22.2 Å². The zero-order valence-electron chi connectivity index (χ0n) is 6.72. The van der Waals surface area contributed by atoms with Crippen molar-refractivity contribution in [3.8, 4) is 0 Å². The van der Waals surface area contributed by atoms with Crippen LogP contribution in [0, 0.1) is 0 Å². The fraction of sp³-hybridized carbons (Fsp3) is 0.167. The maximum Gasteiger partial charge on any atom is 0.266 e. The number of halogens is 5. The zero-order valence-corrected chi connectivity index (χ0v) is 10.6. The maximum atomic E-state index is 12.5. The second-order valence-electron chi connectivity index (χ2n) is 2.38. The average Bonchev–Trinajstić information content (AvgIpc) is 2.06. The van der Waals surface area contributed by atoms with E-state index in [1.54, 1.807) is 0 Å². The predicted molar refractivity (Wildman–Crippen MR) is 54.9 cm³/mol. The van der Waals surface area contributed by atoms with Crippen molar-refractivity contribution in [1.29, 1.82) is 0 Å². The number of nitrogens with zero attached hydrogens (tertiary/aromatic N) is 1. The molecular formula is C6H2BrCl2F2NO2S. The van der Waals surface area contributed by atoms with Crippen molar-refractivity contribution in [1.82, 2.24) is 4.98 Å². The molecule has 84 valence electrons. The van der Waals surface area contributed by atoms with Crippen molar-refractivity contribution in [2.24, 2.45) is 0 Å². The van der Waals surface area contributed by atoms with E-state index in [0.29, 0.717) is 0 Å². The van der Waals surface area contributed by atoms with Gasteiger partial charge in [-0.3, -0.25) is 0 Å². The molecule has 0 unspecified atom stereocenters. The summed E-state index contributed by atoms with van der Waals surface area (Å²) >= 11 is 8.29. The van der Waals surface area contributed by atoms with Crippen LogP contribution in [-0.2, 0) is 9.05 Å². The first-order valence-electron chi connectivity index (χ1n) is 3.32. The van der Waals surface area contributed by atoms with Crippen LogP contribution in [0.3, 0.4) is 0 Å². The molecule has 0 N–H and O–H groups in total. The average molecular weight is 341 g/mol. The predicted octanol–water partition coefficient (Wildman–Crippen LogP) is 3.36. The van der Waals surface area contributed by atoms with Gasteiger partial charge in [0.25, 0.3) is 15.5 Å². The topological polar surface area (TPSA) is 47.0 Å². The third kappa shape index (κ3) is 2.77. The minimum Gasteiger partial charge on any atom is -0.246 e. The quantitative estimate of drug-likeness (QED) is 0.612. The molecule has 0 amide bonds. The molecule has 0 aliphatic heterocycles. The smallest absolute Gasteiger partial charge is 0.246 e. The Kier molecular flexibility index (Phi) is 3.91. The number of hydrogen-bond donors (Lipinski definition) is 0. The van der Waals surface area contributed by atoms with Crippen molar-refractivity contribution >= 4 is 47.3 Å². The minimum absolute atomic E-state index is 0.0662. The van der Waals surface area contributed by atoms with E-state index in [2.05, 4.69) is 20.9 Å². The molecule has 3 nitrogen and oxygen atoms in total. The number of alkyl halides is 2. The summed E-state index contributed by atoms with van der Waals surface area (Å²) in [6, 6.07) is 0. The summed E-state index contributed by atoms with van der Waals surface area (Å²) in [6.45, 7) is 0. The highest BCUT2D eigenvalue weighted by Crippen LogP contribution is 2.37. The number of hydrogen-bond acceptors (Lipinski definition) is 3. The molecule has 0 bridgehead atoms. The molecule has 15 heavy (non-hydrogen) atoms. The summed E-state index contributed by atoms with van der Waals surface area (Å²) in [6.07, 6.45) is -2.33. The molecule has 0 spiro atoms. The molecular weight excluding hydrogens is 339 g/mol. The fourth-order valence-corrected chi connectivity index (χ4v) is 2.46. The highest BCUT2D eigenvalue weighted by atomic mass is 79.9. The SMILES string of the molecule is O=S(=O)(Cl)c1cnc(Br)c(Cl)c1C(F)F. The summed E-state index contributed by atoms with van der Waals surface area (Å²) in [7, 11) is 0.664. The molecule has 0 saturated heterocycles. The first-order chi connectivity index (χ1) is 6.75. The van der Waals surface area contributed by atoms with Gasteiger partial charge >= 0.3 is 0 Å². The fourth-order valence-electron chi connectivity index (χ4n) is 0.858. The van der Waals surface area contributed by atoms with E-state index in [-0.39, 0.29) is 4.60 Å². The van der Waals surface area contributed by atoms with Crippen LogP contribution in [0.4, 0.5) is 8.78 Å². The lowest BCUT2D eigenvalue weighted by Crippen LogP contribution is -2.01. The van der Waals surface area contributed by atoms with Crippen LogP contribution in [0.2, 0.25) is 5.02 Å². The lowest BCUT2D eigenvalue weighted by Gasteiger charge is -2.08.